The third kappa shape index (κ3) is 4.31. The van der Waals surface area contributed by atoms with E-state index in [0.717, 1.165) is 29.9 Å². The molecule has 0 bridgehead atoms. The van der Waals surface area contributed by atoms with Gasteiger partial charge in [0.15, 0.2) is 0 Å². The second kappa shape index (κ2) is 8.07. The molecule has 3 aromatic rings. The predicted molar refractivity (Wildman–Crippen MR) is 110 cm³/mol. The number of halogens is 1. The van der Waals surface area contributed by atoms with Crippen LogP contribution in [-0.4, -0.2) is 42.0 Å². The average molecular weight is 393 g/mol. The number of carbonyl (C=O) groups is 1. The molecule has 1 aliphatic rings. The van der Waals surface area contributed by atoms with Gasteiger partial charge < -0.3 is 14.2 Å². The summed E-state index contributed by atoms with van der Waals surface area (Å²) in [7, 11) is 0. The maximum atomic E-state index is 13.1. The summed E-state index contributed by atoms with van der Waals surface area (Å²) in [5.74, 6) is 1.04. The van der Waals surface area contributed by atoms with E-state index in [2.05, 4.69) is 9.88 Å². The van der Waals surface area contributed by atoms with Crippen LogP contribution in [0.4, 0.5) is 10.1 Å². The van der Waals surface area contributed by atoms with Crippen molar-refractivity contribution in [1.29, 1.82) is 0 Å². The molecule has 1 aliphatic heterocycles. The van der Waals surface area contributed by atoms with E-state index in [-0.39, 0.29) is 18.1 Å². The standard InChI is InChI=1S/C23H24FN3O2/c1-16-4-3-5-18(14-16)23-25-21(17(2)29-23)15-22(28)27-12-10-26(11-13-27)20-8-6-19(24)7-9-20/h3-9,14H,10-13,15H2,1-2H3. The number of amides is 1. The Hall–Kier alpha value is -3.15. The number of rotatable bonds is 4. The monoisotopic (exact) mass is 393 g/mol. The van der Waals surface area contributed by atoms with E-state index >= 15 is 0 Å². The van der Waals surface area contributed by atoms with Crippen LogP contribution in [0.25, 0.3) is 11.5 Å². The van der Waals surface area contributed by atoms with Gasteiger partial charge in [-0.2, -0.15) is 0 Å². The first-order chi connectivity index (χ1) is 14.0. The Kier molecular flexibility index (Phi) is 5.34. The average Bonchev–Trinajstić information content (AvgIpc) is 3.09. The van der Waals surface area contributed by atoms with Crippen molar-refractivity contribution in [3.8, 4) is 11.5 Å². The predicted octanol–water partition coefficient (Wildman–Crippen LogP) is 3.99. The zero-order chi connectivity index (χ0) is 20.4. The zero-order valence-corrected chi connectivity index (χ0v) is 16.7. The van der Waals surface area contributed by atoms with Crippen molar-refractivity contribution in [2.24, 2.45) is 0 Å². The minimum Gasteiger partial charge on any atom is -0.441 e. The number of carbonyl (C=O) groups excluding carboxylic acids is 1. The summed E-state index contributed by atoms with van der Waals surface area (Å²) in [6, 6.07) is 14.4. The lowest BCUT2D eigenvalue weighted by atomic mass is 10.1. The Balaban J connectivity index is 1.38. The third-order valence-electron chi connectivity index (χ3n) is 5.30. The number of oxazole rings is 1. The summed E-state index contributed by atoms with van der Waals surface area (Å²) in [6.45, 7) is 6.60. The molecular weight excluding hydrogens is 369 g/mol. The quantitative estimate of drug-likeness (QED) is 0.673. The maximum Gasteiger partial charge on any atom is 0.228 e. The fraction of sp³-hybridized carbons (Fsp3) is 0.304. The van der Waals surface area contributed by atoms with Crippen LogP contribution < -0.4 is 4.90 Å². The number of benzene rings is 2. The maximum absolute atomic E-state index is 13.1. The summed E-state index contributed by atoms with van der Waals surface area (Å²) in [5, 5.41) is 0. The molecule has 5 nitrogen and oxygen atoms in total. The van der Waals surface area contributed by atoms with Crippen molar-refractivity contribution in [2.75, 3.05) is 31.1 Å². The summed E-state index contributed by atoms with van der Waals surface area (Å²) in [6.07, 6.45) is 0.234. The topological polar surface area (TPSA) is 49.6 Å². The number of anilines is 1. The number of hydrogen-bond donors (Lipinski definition) is 0. The van der Waals surface area contributed by atoms with Gasteiger partial charge in [-0.05, 0) is 50.2 Å². The van der Waals surface area contributed by atoms with E-state index < -0.39 is 0 Å². The number of aryl methyl sites for hydroxylation is 2. The van der Waals surface area contributed by atoms with Gasteiger partial charge in [0.2, 0.25) is 11.8 Å². The molecular formula is C23H24FN3O2. The van der Waals surface area contributed by atoms with Crippen LogP contribution in [0.2, 0.25) is 0 Å². The van der Waals surface area contributed by atoms with Crippen molar-refractivity contribution < 1.29 is 13.6 Å². The Morgan fingerprint density at radius 3 is 2.48 bits per heavy atom. The van der Waals surface area contributed by atoms with Gasteiger partial charge >= 0.3 is 0 Å². The zero-order valence-electron chi connectivity index (χ0n) is 16.7. The van der Waals surface area contributed by atoms with Crippen LogP contribution in [0.5, 0.6) is 0 Å². The molecule has 0 radical (unpaired) electrons. The third-order valence-corrected chi connectivity index (χ3v) is 5.30. The van der Waals surface area contributed by atoms with Crippen molar-refractivity contribution in [2.45, 2.75) is 20.3 Å². The van der Waals surface area contributed by atoms with Gasteiger partial charge in [-0.15, -0.1) is 0 Å². The van der Waals surface area contributed by atoms with E-state index in [4.69, 9.17) is 4.42 Å². The molecule has 2 heterocycles. The molecule has 0 unspecified atom stereocenters. The van der Waals surface area contributed by atoms with Gasteiger partial charge in [-0.25, -0.2) is 9.37 Å². The van der Waals surface area contributed by atoms with Gasteiger partial charge in [0.05, 0.1) is 12.1 Å². The number of piperazine rings is 1. The molecule has 4 rings (SSSR count). The van der Waals surface area contributed by atoms with Crippen molar-refractivity contribution in [3.05, 3.63) is 71.4 Å². The van der Waals surface area contributed by atoms with Gasteiger partial charge in [0, 0.05) is 37.4 Å². The van der Waals surface area contributed by atoms with E-state index in [1.54, 1.807) is 12.1 Å². The Morgan fingerprint density at radius 1 is 1.07 bits per heavy atom. The van der Waals surface area contributed by atoms with Crippen LogP contribution in [0.1, 0.15) is 17.0 Å². The van der Waals surface area contributed by atoms with Crippen LogP contribution in [-0.2, 0) is 11.2 Å². The molecule has 0 atom stereocenters. The first-order valence-electron chi connectivity index (χ1n) is 9.81. The highest BCUT2D eigenvalue weighted by Crippen LogP contribution is 2.23. The highest BCUT2D eigenvalue weighted by Gasteiger charge is 2.23. The van der Waals surface area contributed by atoms with Crippen LogP contribution in [0.15, 0.2) is 52.9 Å². The first kappa shape index (κ1) is 19.2. The molecule has 1 fully saturated rings. The van der Waals surface area contributed by atoms with Gasteiger partial charge in [0.25, 0.3) is 0 Å². The molecule has 29 heavy (non-hydrogen) atoms. The molecule has 0 saturated carbocycles. The molecule has 1 saturated heterocycles. The highest BCUT2D eigenvalue weighted by atomic mass is 19.1. The van der Waals surface area contributed by atoms with E-state index in [9.17, 15) is 9.18 Å². The second-order valence-electron chi connectivity index (χ2n) is 7.41. The number of hydrogen-bond acceptors (Lipinski definition) is 4. The van der Waals surface area contributed by atoms with Gasteiger partial charge in [-0.1, -0.05) is 17.7 Å². The summed E-state index contributed by atoms with van der Waals surface area (Å²) >= 11 is 0. The molecule has 1 aromatic heterocycles. The van der Waals surface area contributed by atoms with Gasteiger partial charge in [0.1, 0.15) is 11.6 Å². The van der Waals surface area contributed by atoms with Crippen LogP contribution >= 0.6 is 0 Å². The lowest BCUT2D eigenvalue weighted by Crippen LogP contribution is -2.49. The molecule has 150 valence electrons. The van der Waals surface area contributed by atoms with Crippen molar-refractivity contribution in [3.63, 3.8) is 0 Å². The van der Waals surface area contributed by atoms with Crippen LogP contribution in [0, 0.1) is 19.7 Å². The molecule has 1 amide bonds. The minimum atomic E-state index is -0.240. The van der Waals surface area contributed by atoms with E-state index in [1.165, 1.54) is 12.1 Å². The Labute approximate surface area is 169 Å². The lowest BCUT2D eigenvalue weighted by Gasteiger charge is -2.36. The Bertz CT molecular complexity index is 1010. The smallest absolute Gasteiger partial charge is 0.228 e. The fourth-order valence-electron chi connectivity index (χ4n) is 3.61. The molecule has 0 spiro atoms. The highest BCUT2D eigenvalue weighted by molar-refractivity contribution is 5.79. The summed E-state index contributed by atoms with van der Waals surface area (Å²) < 4.78 is 18.9. The van der Waals surface area contributed by atoms with E-state index in [0.29, 0.717) is 30.4 Å². The number of nitrogens with zero attached hydrogens (tertiary/aromatic N) is 3. The largest absolute Gasteiger partial charge is 0.441 e. The second-order valence-corrected chi connectivity index (χ2v) is 7.41. The lowest BCUT2D eigenvalue weighted by molar-refractivity contribution is -0.130. The first-order valence-corrected chi connectivity index (χ1v) is 9.81. The number of aromatic nitrogens is 1. The van der Waals surface area contributed by atoms with Crippen molar-refractivity contribution >= 4 is 11.6 Å². The van der Waals surface area contributed by atoms with E-state index in [1.807, 2.05) is 43.0 Å². The Morgan fingerprint density at radius 2 is 1.79 bits per heavy atom. The van der Waals surface area contributed by atoms with Gasteiger partial charge in [-0.3, -0.25) is 4.79 Å². The minimum absolute atomic E-state index is 0.0518. The molecule has 6 heteroatoms. The SMILES string of the molecule is Cc1cccc(-c2nc(CC(=O)N3CCN(c4ccc(F)cc4)CC3)c(C)o2)c1. The fourth-order valence-corrected chi connectivity index (χ4v) is 3.61. The summed E-state index contributed by atoms with van der Waals surface area (Å²) in [5.41, 5.74) is 3.72. The molecule has 0 N–H and O–H groups in total. The molecule has 0 aliphatic carbocycles. The van der Waals surface area contributed by atoms with Crippen LogP contribution in [0.3, 0.4) is 0 Å². The van der Waals surface area contributed by atoms with Crippen molar-refractivity contribution in [1.82, 2.24) is 9.88 Å². The normalized spacial score (nSPS) is 14.3. The summed E-state index contributed by atoms with van der Waals surface area (Å²) in [4.78, 5) is 21.4. The molecule has 2 aromatic carbocycles.